The summed E-state index contributed by atoms with van der Waals surface area (Å²) in [5.74, 6) is -0.442. The molecule has 1 aromatic rings. The molecule has 25 heavy (non-hydrogen) atoms. The van der Waals surface area contributed by atoms with E-state index >= 15 is 0 Å². The second kappa shape index (κ2) is 8.62. The number of nitrogens with one attached hydrogen (secondary N) is 1. The number of hydrogen-bond donors (Lipinski definition) is 2. The Morgan fingerprint density at radius 1 is 1.32 bits per heavy atom. The molecule has 0 spiro atoms. The molecule has 0 aliphatic heterocycles. The molecule has 0 radical (unpaired) electrons. The number of alkyl carbamates (subject to hydrolysis) is 1. The molecule has 2 atom stereocenters. The summed E-state index contributed by atoms with van der Waals surface area (Å²) < 4.78 is 9.95. The smallest absolute Gasteiger partial charge is 0.407 e. The third-order valence-electron chi connectivity index (χ3n) is 3.46. The lowest BCUT2D eigenvalue weighted by atomic mass is 9.98. The predicted octanol–water partition coefficient (Wildman–Crippen LogP) is 3.21. The summed E-state index contributed by atoms with van der Waals surface area (Å²) in [5.41, 5.74) is -0.380. The van der Waals surface area contributed by atoms with Crippen LogP contribution in [0.15, 0.2) is 0 Å². The molecule has 7 nitrogen and oxygen atoms in total. The summed E-state index contributed by atoms with van der Waals surface area (Å²) in [6.07, 6.45) is -1.15. The summed E-state index contributed by atoms with van der Waals surface area (Å²) >= 11 is 1.24. The second-order valence-electron chi connectivity index (χ2n) is 7.20. The lowest BCUT2D eigenvalue weighted by molar-refractivity contribution is 0.0461. The summed E-state index contributed by atoms with van der Waals surface area (Å²) in [6, 6.07) is -0.296. The van der Waals surface area contributed by atoms with E-state index in [9.17, 15) is 14.7 Å². The molecule has 8 heteroatoms. The van der Waals surface area contributed by atoms with Crippen molar-refractivity contribution in [2.45, 2.75) is 65.7 Å². The number of esters is 1. The van der Waals surface area contributed by atoms with Gasteiger partial charge in [0.05, 0.1) is 7.11 Å². The number of aryl methyl sites for hydroxylation is 1. The third kappa shape index (κ3) is 6.62. The van der Waals surface area contributed by atoms with E-state index in [1.807, 2.05) is 13.8 Å². The first-order chi connectivity index (χ1) is 11.4. The van der Waals surface area contributed by atoms with Crippen molar-refractivity contribution in [2.75, 3.05) is 7.11 Å². The molecule has 1 aromatic heterocycles. The normalized spacial score (nSPS) is 14.1. The maximum Gasteiger partial charge on any atom is 0.407 e. The van der Waals surface area contributed by atoms with Crippen LogP contribution >= 0.6 is 11.3 Å². The molecule has 1 heterocycles. The highest BCUT2D eigenvalue weighted by Gasteiger charge is 2.27. The van der Waals surface area contributed by atoms with Crippen LogP contribution in [0.2, 0.25) is 0 Å². The van der Waals surface area contributed by atoms with Gasteiger partial charge in [-0.05, 0) is 33.6 Å². The van der Waals surface area contributed by atoms with Gasteiger partial charge in [0.15, 0.2) is 5.69 Å². The first kappa shape index (κ1) is 21.4. The van der Waals surface area contributed by atoms with Gasteiger partial charge in [-0.3, -0.25) is 0 Å². The Bertz CT molecular complexity index is 607. The summed E-state index contributed by atoms with van der Waals surface area (Å²) in [4.78, 5) is 28.5. The van der Waals surface area contributed by atoms with Crippen LogP contribution in [0.5, 0.6) is 0 Å². The van der Waals surface area contributed by atoms with Gasteiger partial charge < -0.3 is 19.9 Å². The van der Waals surface area contributed by atoms with Crippen LogP contribution in [-0.2, 0) is 9.47 Å². The Labute approximate surface area is 152 Å². The minimum absolute atomic E-state index is 0.0864. The van der Waals surface area contributed by atoms with E-state index < -0.39 is 23.8 Å². The minimum Gasteiger partial charge on any atom is -0.464 e. The van der Waals surface area contributed by atoms with Crippen molar-refractivity contribution in [3.05, 3.63) is 15.6 Å². The zero-order chi connectivity index (χ0) is 19.4. The zero-order valence-electron chi connectivity index (χ0n) is 15.9. The lowest BCUT2D eigenvalue weighted by Crippen LogP contribution is -2.42. The van der Waals surface area contributed by atoms with Crippen LogP contribution in [-0.4, -0.2) is 40.9 Å². The Balaban J connectivity index is 2.81. The third-order valence-corrected chi connectivity index (χ3v) is 4.53. The van der Waals surface area contributed by atoms with Gasteiger partial charge in [-0.1, -0.05) is 13.8 Å². The molecule has 0 aromatic carbocycles. The van der Waals surface area contributed by atoms with Gasteiger partial charge in [0.2, 0.25) is 0 Å². The van der Waals surface area contributed by atoms with Crippen LogP contribution in [0.25, 0.3) is 0 Å². The molecule has 0 bridgehead atoms. The molecule has 2 N–H and O–H groups in total. The quantitative estimate of drug-likeness (QED) is 0.744. The van der Waals surface area contributed by atoms with Crippen molar-refractivity contribution < 1.29 is 24.2 Å². The largest absolute Gasteiger partial charge is 0.464 e. The van der Waals surface area contributed by atoms with Gasteiger partial charge in [-0.2, -0.15) is 0 Å². The fraction of sp³-hybridized carbons (Fsp3) is 0.706. The molecule has 0 aliphatic carbocycles. The molecule has 1 amide bonds. The summed E-state index contributed by atoms with van der Waals surface area (Å²) in [5, 5.41) is 13.7. The number of aromatic nitrogens is 1. The van der Waals surface area contributed by atoms with E-state index in [0.29, 0.717) is 9.88 Å². The SMILES string of the molecule is COC(=O)c1nc([C@H](O)C[C@@H](NC(=O)OC(C)(C)C)C(C)C)sc1C. The molecule has 0 fully saturated rings. The number of aliphatic hydroxyl groups excluding tert-OH is 1. The van der Waals surface area contributed by atoms with Crippen molar-refractivity contribution in [3.63, 3.8) is 0 Å². The van der Waals surface area contributed by atoms with Gasteiger partial charge in [0.25, 0.3) is 0 Å². The minimum atomic E-state index is -0.899. The van der Waals surface area contributed by atoms with Crippen molar-refractivity contribution in [3.8, 4) is 0 Å². The van der Waals surface area contributed by atoms with E-state index in [1.165, 1.54) is 18.4 Å². The monoisotopic (exact) mass is 372 g/mol. The fourth-order valence-electron chi connectivity index (χ4n) is 2.14. The average molecular weight is 372 g/mol. The predicted molar refractivity (Wildman–Crippen MR) is 95.8 cm³/mol. The fourth-order valence-corrected chi connectivity index (χ4v) is 3.05. The average Bonchev–Trinajstić information content (AvgIpc) is 2.85. The molecule has 0 saturated carbocycles. The molecule has 142 valence electrons. The van der Waals surface area contributed by atoms with E-state index in [0.717, 1.165) is 0 Å². The van der Waals surface area contributed by atoms with Gasteiger partial charge in [0, 0.05) is 17.3 Å². The van der Waals surface area contributed by atoms with Crippen LogP contribution in [0.4, 0.5) is 4.79 Å². The van der Waals surface area contributed by atoms with Crippen LogP contribution in [0.1, 0.15) is 67.5 Å². The number of carbonyl (C=O) groups excluding carboxylic acids is 2. The van der Waals surface area contributed by atoms with E-state index in [4.69, 9.17) is 4.74 Å². The molecular weight excluding hydrogens is 344 g/mol. The van der Waals surface area contributed by atoms with E-state index in [1.54, 1.807) is 27.7 Å². The van der Waals surface area contributed by atoms with Crippen LogP contribution in [0.3, 0.4) is 0 Å². The van der Waals surface area contributed by atoms with Crippen molar-refractivity contribution in [1.29, 1.82) is 0 Å². The first-order valence-electron chi connectivity index (χ1n) is 8.17. The number of aliphatic hydroxyl groups is 1. The number of nitrogens with zero attached hydrogens (tertiary/aromatic N) is 1. The number of hydrogen-bond acceptors (Lipinski definition) is 7. The summed E-state index contributed by atoms with van der Waals surface area (Å²) in [7, 11) is 1.29. The molecule has 0 saturated heterocycles. The van der Waals surface area contributed by atoms with E-state index in [-0.39, 0.29) is 24.1 Å². The standard InChI is InChI=1S/C17H28N2O5S/c1-9(2)11(18-16(22)24-17(4,5)6)8-12(20)14-19-13(10(3)25-14)15(21)23-7/h9,11-12,20H,8H2,1-7H3,(H,18,22)/t11-,12-/m1/s1. The second-order valence-corrected chi connectivity index (χ2v) is 8.43. The van der Waals surface area contributed by atoms with Crippen LogP contribution in [0, 0.1) is 12.8 Å². The Morgan fingerprint density at radius 2 is 1.92 bits per heavy atom. The Kier molecular flexibility index (Phi) is 7.37. The number of methoxy groups -OCH3 is 1. The highest BCUT2D eigenvalue weighted by atomic mass is 32.1. The zero-order valence-corrected chi connectivity index (χ0v) is 16.7. The van der Waals surface area contributed by atoms with Gasteiger partial charge in [-0.15, -0.1) is 11.3 Å². The number of amides is 1. The molecule has 1 rings (SSSR count). The highest BCUT2D eigenvalue weighted by molar-refractivity contribution is 7.11. The van der Waals surface area contributed by atoms with Gasteiger partial charge in [0.1, 0.15) is 16.7 Å². The highest BCUT2D eigenvalue weighted by Crippen LogP contribution is 2.28. The van der Waals surface area contributed by atoms with Crippen molar-refractivity contribution >= 4 is 23.4 Å². The Morgan fingerprint density at radius 3 is 2.40 bits per heavy atom. The molecule has 0 aliphatic rings. The van der Waals surface area contributed by atoms with E-state index in [2.05, 4.69) is 15.0 Å². The lowest BCUT2D eigenvalue weighted by Gasteiger charge is -2.26. The number of rotatable bonds is 6. The van der Waals surface area contributed by atoms with Gasteiger partial charge in [-0.25, -0.2) is 14.6 Å². The first-order valence-corrected chi connectivity index (χ1v) is 8.99. The van der Waals surface area contributed by atoms with Crippen molar-refractivity contribution in [2.24, 2.45) is 5.92 Å². The maximum absolute atomic E-state index is 12.0. The number of thiazole rings is 1. The Hall–Kier alpha value is -1.67. The maximum atomic E-state index is 12.0. The number of carbonyl (C=O) groups is 2. The van der Waals surface area contributed by atoms with Gasteiger partial charge >= 0.3 is 12.1 Å². The topological polar surface area (TPSA) is 97.8 Å². The summed E-state index contributed by atoms with van der Waals surface area (Å²) in [6.45, 7) is 11.0. The van der Waals surface area contributed by atoms with Crippen molar-refractivity contribution in [1.82, 2.24) is 10.3 Å². The number of ether oxygens (including phenoxy) is 2. The molecule has 0 unspecified atom stereocenters. The molecular formula is C17H28N2O5S. The van der Waals surface area contributed by atoms with Crippen LogP contribution < -0.4 is 5.32 Å².